The van der Waals surface area contributed by atoms with Crippen LogP contribution in [0.2, 0.25) is 5.82 Å². The Morgan fingerprint density at radius 3 is 1.92 bits per heavy atom. The van der Waals surface area contributed by atoms with E-state index in [1.54, 1.807) is 6.92 Å². The topological polar surface area (TPSA) is 0 Å². The van der Waals surface area contributed by atoms with Gasteiger partial charge in [-0.1, -0.05) is 44.3 Å². The van der Waals surface area contributed by atoms with Crippen molar-refractivity contribution >= 4 is 6.98 Å². The van der Waals surface area contributed by atoms with Crippen LogP contribution in [0, 0.1) is 5.92 Å². The van der Waals surface area contributed by atoms with Crippen molar-refractivity contribution in [3.63, 3.8) is 0 Å². The zero-order valence-corrected chi connectivity index (χ0v) is 10.8. The summed E-state index contributed by atoms with van der Waals surface area (Å²) in [4.78, 5) is 0. The summed E-state index contributed by atoms with van der Waals surface area (Å²) < 4.78 is 36.8. The molecule has 1 fully saturated rings. The van der Waals surface area contributed by atoms with Crippen molar-refractivity contribution in [2.75, 3.05) is 0 Å². The summed E-state index contributed by atoms with van der Waals surface area (Å²) in [5.41, 5.74) is 0. The van der Waals surface area contributed by atoms with Crippen molar-refractivity contribution in [2.24, 2.45) is 5.92 Å². The van der Waals surface area contributed by atoms with Gasteiger partial charge in [-0.05, 0) is 0 Å². The summed E-state index contributed by atoms with van der Waals surface area (Å²) >= 11 is 0. The van der Waals surface area contributed by atoms with E-state index < -0.39 is 12.8 Å². The van der Waals surface area contributed by atoms with Crippen molar-refractivity contribution < 1.29 is 64.3 Å². The molecule has 0 aromatic carbocycles. The second-order valence-corrected chi connectivity index (χ2v) is 3.55. The Bertz CT molecular complexity index is 137. The van der Waals surface area contributed by atoms with Gasteiger partial charge in [-0.3, -0.25) is 0 Å². The third-order valence-electron chi connectivity index (χ3n) is 2.66. The first-order valence-corrected chi connectivity index (χ1v) is 4.22. The maximum atomic E-state index is 12.3. The number of halogens is 3. The van der Waals surface area contributed by atoms with E-state index in [1.807, 2.05) is 0 Å². The predicted octanol–water partition coefficient (Wildman–Crippen LogP) is 0.418. The van der Waals surface area contributed by atoms with E-state index in [0.717, 1.165) is 19.3 Å². The Hall–Kier alpha value is 1.49. The van der Waals surface area contributed by atoms with E-state index in [4.69, 9.17) is 0 Å². The fourth-order valence-corrected chi connectivity index (χ4v) is 1.91. The standard InChI is InChI=1S/C7H13BF3.K/c1-6-4-2-3-5-7(6)8(9,10)11;/h6-7H,2-5H2,1H3;/q-1;+1/t6-,7-;/m0./s1. The Kier molecular flexibility index (Phi) is 6.06. The van der Waals surface area contributed by atoms with Crippen LogP contribution in [0.3, 0.4) is 0 Å². The molecule has 2 atom stereocenters. The van der Waals surface area contributed by atoms with Gasteiger partial charge in [-0.2, -0.15) is 0 Å². The van der Waals surface area contributed by atoms with Crippen LogP contribution in [-0.4, -0.2) is 6.98 Å². The molecule has 0 aromatic rings. The first-order chi connectivity index (χ1) is 5.02. The molecule has 1 aliphatic carbocycles. The minimum Gasteiger partial charge on any atom is -0.449 e. The summed E-state index contributed by atoms with van der Waals surface area (Å²) in [6.45, 7) is -2.85. The van der Waals surface area contributed by atoms with Gasteiger partial charge < -0.3 is 12.9 Å². The van der Waals surface area contributed by atoms with Crippen LogP contribution in [-0.2, 0) is 0 Å². The third-order valence-corrected chi connectivity index (χ3v) is 2.66. The van der Waals surface area contributed by atoms with Gasteiger partial charge in [0.15, 0.2) is 0 Å². The molecule has 0 aromatic heterocycles. The Labute approximate surface area is 114 Å². The minimum atomic E-state index is -4.57. The molecule has 12 heavy (non-hydrogen) atoms. The number of hydrogen-bond donors (Lipinski definition) is 0. The van der Waals surface area contributed by atoms with Crippen LogP contribution in [0.4, 0.5) is 12.9 Å². The van der Waals surface area contributed by atoms with Gasteiger partial charge >= 0.3 is 58.4 Å². The molecule has 0 bridgehead atoms. The Morgan fingerprint density at radius 2 is 1.58 bits per heavy atom. The van der Waals surface area contributed by atoms with Crippen LogP contribution >= 0.6 is 0 Å². The van der Waals surface area contributed by atoms with Gasteiger partial charge in [-0.25, -0.2) is 0 Å². The van der Waals surface area contributed by atoms with E-state index in [-0.39, 0.29) is 57.3 Å². The van der Waals surface area contributed by atoms with Crippen molar-refractivity contribution in [1.82, 2.24) is 0 Å². The Morgan fingerprint density at radius 1 is 1.08 bits per heavy atom. The van der Waals surface area contributed by atoms with Gasteiger partial charge in [0, 0.05) is 0 Å². The smallest absolute Gasteiger partial charge is 0.449 e. The van der Waals surface area contributed by atoms with Crippen LogP contribution in [0.15, 0.2) is 0 Å². The van der Waals surface area contributed by atoms with Gasteiger partial charge in [0.25, 0.3) is 0 Å². The summed E-state index contributed by atoms with van der Waals surface area (Å²) in [7, 11) is 0. The monoisotopic (exact) mass is 204 g/mol. The molecular weight excluding hydrogens is 191 g/mol. The number of hydrogen-bond acceptors (Lipinski definition) is 0. The van der Waals surface area contributed by atoms with Crippen molar-refractivity contribution in [3.05, 3.63) is 0 Å². The Balaban J connectivity index is 0.00000121. The van der Waals surface area contributed by atoms with E-state index >= 15 is 0 Å². The normalized spacial score (nSPS) is 31.0. The van der Waals surface area contributed by atoms with Gasteiger partial charge in [-0.15, -0.1) is 0 Å². The molecule has 0 N–H and O–H groups in total. The molecule has 1 saturated carbocycles. The fraction of sp³-hybridized carbons (Fsp3) is 1.00. The van der Waals surface area contributed by atoms with Gasteiger partial charge in [0.05, 0.1) is 0 Å². The second-order valence-electron chi connectivity index (χ2n) is 3.55. The maximum absolute atomic E-state index is 12.3. The zero-order valence-electron chi connectivity index (χ0n) is 7.69. The average molecular weight is 204 g/mol. The van der Waals surface area contributed by atoms with Crippen LogP contribution in [0.25, 0.3) is 0 Å². The molecule has 0 radical (unpaired) electrons. The molecule has 0 spiro atoms. The molecule has 66 valence electrons. The quantitative estimate of drug-likeness (QED) is 0.543. The maximum Gasteiger partial charge on any atom is 1.00 e. The second kappa shape index (κ2) is 5.39. The van der Waals surface area contributed by atoms with Gasteiger partial charge in [0.2, 0.25) is 0 Å². The molecule has 0 heterocycles. The fourth-order valence-electron chi connectivity index (χ4n) is 1.91. The molecule has 0 nitrogen and oxygen atoms in total. The van der Waals surface area contributed by atoms with Gasteiger partial charge in [0.1, 0.15) is 0 Å². The van der Waals surface area contributed by atoms with Crippen molar-refractivity contribution in [3.8, 4) is 0 Å². The van der Waals surface area contributed by atoms with Crippen LogP contribution in [0.5, 0.6) is 0 Å². The molecule has 1 rings (SSSR count). The average Bonchev–Trinajstić information content (AvgIpc) is 1.86. The molecule has 0 amide bonds. The number of rotatable bonds is 1. The summed E-state index contributed by atoms with van der Waals surface area (Å²) in [6, 6.07) is 0. The summed E-state index contributed by atoms with van der Waals surface area (Å²) in [5.74, 6) is -1.10. The van der Waals surface area contributed by atoms with E-state index in [9.17, 15) is 12.9 Å². The zero-order chi connectivity index (χ0) is 8.48. The van der Waals surface area contributed by atoms with E-state index in [0.29, 0.717) is 6.42 Å². The predicted molar refractivity (Wildman–Crippen MR) is 40.5 cm³/mol. The molecule has 0 unspecified atom stereocenters. The van der Waals surface area contributed by atoms with E-state index in [1.165, 1.54) is 0 Å². The molecular formula is C7H13BF3K. The SMILES string of the molecule is C[C@H]1CCCC[C@@H]1[B-](F)(F)F.[K+]. The van der Waals surface area contributed by atoms with Crippen molar-refractivity contribution in [1.29, 1.82) is 0 Å². The minimum absolute atomic E-state index is 0. The molecule has 1 aliphatic rings. The van der Waals surface area contributed by atoms with Crippen molar-refractivity contribution in [2.45, 2.75) is 38.4 Å². The van der Waals surface area contributed by atoms with E-state index in [2.05, 4.69) is 0 Å². The van der Waals surface area contributed by atoms with Crippen LogP contribution in [0.1, 0.15) is 32.6 Å². The first-order valence-electron chi connectivity index (χ1n) is 4.22. The summed E-state index contributed by atoms with van der Waals surface area (Å²) in [6.07, 6.45) is 2.86. The molecule has 0 aliphatic heterocycles. The third kappa shape index (κ3) is 3.70. The largest absolute Gasteiger partial charge is 1.00 e. The van der Waals surface area contributed by atoms with Crippen LogP contribution < -0.4 is 51.4 Å². The first kappa shape index (κ1) is 13.5. The summed E-state index contributed by atoms with van der Waals surface area (Å²) in [5, 5.41) is 0. The molecule has 5 heteroatoms. The molecule has 0 saturated heterocycles.